The smallest absolute Gasteiger partial charge is 0.162 e. The van der Waals surface area contributed by atoms with Gasteiger partial charge in [0.2, 0.25) is 0 Å². The minimum Gasteiger partial charge on any atom is -0.494 e. The van der Waals surface area contributed by atoms with Crippen molar-refractivity contribution in [1.29, 1.82) is 0 Å². The van der Waals surface area contributed by atoms with E-state index in [1.54, 1.807) is 0 Å². The molecule has 0 radical (unpaired) electrons. The number of allylic oxidation sites excluding steroid dienone is 2. The quantitative estimate of drug-likeness (QED) is 0.0342. The summed E-state index contributed by atoms with van der Waals surface area (Å²) in [5.41, 5.74) is 0. The van der Waals surface area contributed by atoms with Crippen LogP contribution in [0.15, 0.2) is 23.0 Å². The van der Waals surface area contributed by atoms with Crippen molar-refractivity contribution >= 4 is 0 Å². The van der Waals surface area contributed by atoms with Gasteiger partial charge >= 0.3 is 0 Å². The molecule has 0 fully saturated rings. The van der Waals surface area contributed by atoms with Crippen LogP contribution in [-0.2, 0) is 33.2 Å². The zero-order chi connectivity index (χ0) is 46.1. The number of rotatable bonds is 52. The molecule has 0 amide bonds. The number of ether oxygens (including phenoxy) is 7. The third-order valence-corrected chi connectivity index (χ3v) is 11.9. The van der Waals surface area contributed by atoms with Crippen molar-refractivity contribution in [2.75, 3.05) is 40.0 Å². The van der Waals surface area contributed by atoms with Crippen molar-refractivity contribution < 1.29 is 33.2 Å². The molecule has 0 aromatic heterocycles. The molecule has 0 aromatic rings. The van der Waals surface area contributed by atoms with Crippen molar-refractivity contribution in [1.82, 2.24) is 0 Å². The van der Waals surface area contributed by atoms with E-state index in [0.717, 1.165) is 100 Å². The molecule has 0 rings (SSSR count). The fraction of sp³-hybridized carbons (Fsp3) is 0.929. The Balaban J connectivity index is 6.22. The molecule has 0 heterocycles. The first-order valence-corrected chi connectivity index (χ1v) is 27.9. The molecule has 0 saturated heterocycles. The third kappa shape index (κ3) is 37.4. The van der Waals surface area contributed by atoms with Crippen LogP contribution in [0.1, 0.15) is 287 Å². The fourth-order valence-corrected chi connectivity index (χ4v) is 8.05. The highest BCUT2D eigenvalue weighted by Crippen LogP contribution is 2.28. The zero-order valence-corrected chi connectivity index (χ0v) is 43.7. The Labute approximate surface area is 393 Å². The lowest BCUT2D eigenvalue weighted by Crippen LogP contribution is -2.25. The molecular formula is C56H110O7. The molecule has 2 unspecified atom stereocenters. The molecule has 0 saturated carbocycles. The maximum Gasteiger partial charge on any atom is 0.162 e. The van der Waals surface area contributed by atoms with E-state index < -0.39 is 0 Å². The zero-order valence-electron chi connectivity index (χ0n) is 43.7. The standard InChI is InChI=1S/C56H110O7/c1-9-17-21-25-29-31-35-37-41-51(58-45-13-5)55(60-47-15-7)53(43-39-33-27-23-19-11-3)62-49-57-50-63-54(44-40-34-28-24-20-12-4)56(61-48-16-8)52(59-46-14-6)42-38-36-32-30-26-22-18-10-2/h53-54H,9-50H2,1-8H3. The summed E-state index contributed by atoms with van der Waals surface area (Å²) in [5.74, 6) is 3.76. The van der Waals surface area contributed by atoms with Gasteiger partial charge in [-0.15, -0.1) is 0 Å². The van der Waals surface area contributed by atoms with Crippen LogP contribution in [0.25, 0.3) is 0 Å². The van der Waals surface area contributed by atoms with Crippen molar-refractivity contribution in [3.05, 3.63) is 23.0 Å². The van der Waals surface area contributed by atoms with Gasteiger partial charge in [-0.3, -0.25) is 0 Å². The van der Waals surface area contributed by atoms with Crippen LogP contribution >= 0.6 is 0 Å². The van der Waals surface area contributed by atoms with Gasteiger partial charge in [0, 0.05) is 12.8 Å². The molecule has 0 bridgehead atoms. The maximum absolute atomic E-state index is 6.69. The molecular weight excluding hydrogens is 785 g/mol. The summed E-state index contributed by atoms with van der Waals surface area (Å²) in [5, 5.41) is 0. The van der Waals surface area contributed by atoms with Crippen molar-refractivity contribution in [3.8, 4) is 0 Å². The van der Waals surface area contributed by atoms with Crippen LogP contribution < -0.4 is 0 Å². The second-order valence-corrected chi connectivity index (χ2v) is 18.3. The van der Waals surface area contributed by atoms with Gasteiger partial charge in [-0.2, -0.15) is 0 Å². The first-order valence-electron chi connectivity index (χ1n) is 27.9. The van der Waals surface area contributed by atoms with E-state index in [1.807, 2.05) is 0 Å². The van der Waals surface area contributed by atoms with Gasteiger partial charge in [-0.25, -0.2) is 0 Å². The molecule has 0 aliphatic carbocycles. The average Bonchev–Trinajstić information content (AvgIpc) is 3.29. The molecule has 0 spiro atoms. The summed E-state index contributed by atoms with van der Waals surface area (Å²) in [6, 6.07) is 0. The van der Waals surface area contributed by atoms with Gasteiger partial charge < -0.3 is 33.2 Å². The largest absolute Gasteiger partial charge is 0.494 e. The van der Waals surface area contributed by atoms with E-state index in [0.29, 0.717) is 26.4 Å². The Hall–Kier alpha value is -1.44. The van der Waals surface area contributed by atoms with E-state index in [9.17, 15) is 0 Å². The first kappa shape index (κ1) is 61.6. The number of hydrogen-bond donors (Lipinski definition) is 0. The molecule has 376 valence electrons. The summed E-state index contributed by atoms with van der Waals surface area (Å²) >= 11 is 0. The minimum atomic E-state index is -0.216. The van der Waals surface area contributed by atoms with Gasteiger partial charge in [-0.05, 0) is 51.4 Å². The van der Waals surface area contributed by atoms with Crippen LogP contribution in [0.2, 0.25) is 0 Å². The Bertz CT molecular complexity index is 905. The molecule has 0 N–H and O–H groups in total. The van der Waals surface area contributed by atoms with E-state index in [1.165, 1.54) is 154 Å². The lowest BCUT2D eigenvalue weighted by molar-refractivity contribution is -0.167. The molecule has 2 atom stereocenters. The Morgan fingerprint density at radius 2 is 0.556 bits per heavy atom. The van der Waals surface area contributed by atoms with Gasteiger partial charge in [0.1, 0.15) is 23.7 Å². The molecule has 0 aliphatic rings. The van der Waals surface area contributed by atoms with E-state index in [-0.39, 0.29) is 25.8 Å². The first-order chi connectivity index (χ1) is 31.1. The lowest BCUT2D eigenvalue weighted by atomic mass is 10.0. The monoisotopic (exact) mass is 895 g/mol. The Kier molecular flexibility index (Phi) is 48.8. The van der Waals surface area contributed by atoms with E-state index >= 15 is 0 Å². The summed E-state index contributed by atoms with van der Waals surface area (Å²) in [7, 11) is 0. The molecule has 7 nitrogen and oxygen atoms in total. The van der Waals surface area contributed by atoms with Crippen molar-refractivity contribution in [2.24, 2.45) is 0 Å². The molecule has 63 heavy (non-hydrogen) atoms. The summed E-state index contributed by atoms with van der Waals surface area (Å²) in [4.78, 5) is 0. The van der Waals surface area contributed by atoms with Crippen LogP contribution in [-0.4, -0.2) is 52.2 Å². The van der Waals surface area contributed by atoms with Gasteiger partial charge in [-0.1, -0.05) is 222 Å². The number of hydrogen-bond acceptors (Lipinski definition) is 7. The van der Waals surface area contributed by atoms with Crippen LogP contribution in [0.4, 0.5) is 0 Å². The van der Waals surface area contributed by atoms with Crippen LogP contribution in [0.3, 0.4) is 0 Å². The topological polar surface area (TPSA) is 64.6 Å². The van der Waals surface area contributed by atoms with E-state index in [4.69, 9.17) is 33.2 Å². The fourth-order valence-electron chi connectivity index (χ4n) is 8.05. The van der Waals surface area contributed by atoms with Gasteiger partial charge in [0.25, 0.3) is 0 Å². The summed E-state index contributed by atoms with van der Waals surface area (Å²) in [6.07, 6.45) is 42.3. The number of unbranched alkanes of at least 4 members (excludes halogenated alkanes) is 24. The van der Waals surface area contributed by atoms with Gasteiger partial charge in [0.05, 0.1) is 26.4 Å². The molecule has 0 aromatic carbocycles. The van der Waals surface area contributed by atoms with Crippen LogP contribution in [0.5, 0.6) is 0 Å². The highest BCUT2D eigenvalue weighted by Gasteiger charge is 2.25. The van der Waals surface area contributed by atoms with Crippen LogP contribution in [0, 0.1) is 0 Å². The maximum atomic E-state index is 6.69. The second kappa shape index (κ2) is 50.0. The molecule has 0 aliphatic heterocycles. The van der Waals surface area contributed by atoms with E-state index in [2.05, 4.69) is 55.4 Å². The Morgan fingerprint density at radius 3 is 0.857 bits per heavy atom. The van der Waals surface area contributed by atoms with Gasteiger partial charge in [0.15, 0.2) is 25.1 Å². The molecule has 7 heteroatoms. The second-order valence-electron chi connectivity index (χ2n) is 18.3. The average molecular weight is 895 g/mol. The highest BCUT2D eigenvalue weighted by molar-refractivity contribution is 5.09. The third-order valence-electron chi connectivity index (χ3n) is 11.9. The van der Waals surface area contributed by atoms with Crippen molar-refractivity contribution in [2.45, 2.75) is 299 Å². The minimum absolute atomic E-state index is 0.133. The normalized spacial score (nSPS) is 13.5. The lowest BCUT2D eigenvalue weighted by Gasteiger charge is -2.26. The predicted octanol–water partition coefficient (Wildman–Crippen LogP) is 18.4. The summed E-state index contributed by atoms with van der Waals surface area (Å²) < 4.78 is 45.9. The Morgan fingerprint density at radius 1 is 0.286 bits per heavy atom. The SMILES string of the molecule is CCCCCCCCCCC(OCCC)=C(OCCC)C(CCCCCCCC)OCOCOC(CCCCCCCC)C(OCCC)=C(CCCCCCCCCC)OCCC. The predicted molar refractivity (Wildman–Crippen MR) is 270 cm³/mol. The highest BCUT2D eigenvalue weighted by atomic mass is 16.7. The van der Waals surface area contributed by atoms with Crippen molar-refractivity contribution in [3.63, 3.8) is 0 Å². The summed E-state index contributed by atoms with van der Waals surface area (Å²) in [6.45, 7) is 20.8.